The van der Waals surface area contributed by atoms with Gasteiger partial charge < -0.3 is 9.84 Å². The van der Waals surface area contributed by atoms with E-state index in [4.69, 9.17) is 4.52 Å². The molecule has 0 radical (unpaired) electrons. The Morgan fingerprint density at radius 2 is 1.91 bits per heavy atom. The number of amides is 1. The average molecular weight is 428 g/mol. The van der Waals surface area contributed by atoms with Crippen LogP contribution in [0.4, 0.5) is 5.82 Å². The monoisotopic (exact) mass is 427 g/mol. The Labute approximate surface area is 186 Å². The van der Waals surface area contributed by atoms with E-state index in [1.807, 2.05) is 64.1 Å². The van der Waals surface area contributed by atoms with Crippen molar-refractivity contribution in [2.75, 3.05) is 5.32 Å². The third kappa shape index (κ3) is 4.72. The molecule has 0 aliphatic rings. The van der Waals surface area contributed by atoms with Crippen molar-refractivity contribution in [3.8, 4) is 11.3 Å². The summed E-state index contributed by atoms with van der Waals surface area (Å²) < 4.78 is 5.36. The highest BCUT2D eigenvalue weighted by molar-refractivity contribution is 6.03. The van der Waals surface area contributed by atoms with Gasteiger partial charge in [0.1, 0.15) is 12.1 Å². The first-order valence-electron chi connectivity index (χ1n) is 10.4. The lowest BCUT2D eigenvalue weighted by Crippen LogP contribution is -2.13. The molecule has 3 aromatic heterocycles. The fraction of sp³-hybridized carbons (Fsp3) is 0.240. The van der Waals surface area contributed by atoms with Crippen molar-refractivity contribution in [1.82, 2.24) is 20.1 Å². The summed E-state index contributed by atoms with van der Waals surface area (Å²) in [5.41, 5.74) is 5.11. The molecule has 0 fully saturated rings. The van der Waals surface area contributed by atoms with Crippen LogP contribution in [-0.4, -0.2) is 26.0 Å². The topological polar surface area (TPSA) is 93.8 Å². The summed E-state index contributed by atoms with van der Waals surface area (Å²) in [6, 6.07) is 13.2. The van der Waals surface area contributed by atoms with Crippen LogP contribution in [0.25, 0.3) is 11.3 Å². The van der Waals surface area contributed by atoms with Crippen LogP contribution in [0.1, 0.15) is 53.7 Å². The first-order chi connectivity index (χ1) is 15.3. The molecule has 32 heavy (non-hydrogen) atoms. The summed E-state index contributed by atoms with van der Waals surface area (Å²) in [5.74, 6) is 0.875. The molecule has 0 unspecified atom stereocenters. The number of anilines is 1. The number of carbonyl (C=O) groups excluding carboxylic acids is 1. The van der Waals surface area contributed by atoms with Crippen molar-refractivity contribution >= 4 is 11.7 Å². The van der Waals surface area contributed by atoms with Crippen molar-refractivity contribution in [3.05, 3.63) is 89.3 Å². The molecule has 4 rings (SSSR count). The summed E-state index contributed by atoms with van der Waals surface area (Å²) in [5, 5.41) is 6.79. The van der Waals surface area contributed by atoms with E-state index in [0.29, 0.717) is 23.6 Å². The van der Waals surface area contributed by atoms with Gasteiger partial charge in [0.25, 0.3) is 5.91 Å². The number of aryl methyl sites for hydroxylation is 1. The zero-order chi connectivity index (χ0) is 22.7. The zero-order valence-electron chi connectivity index (χ0n) is 18.6. The molecule has 1 aromatic carbocycles. The summed E-state index contributed by atoms with van der Waals surface area (Å²) in [6.07, 6.45) is 5.58. The van der Waals surface area contributed by atoms with E-state index < -0.39 is 0 Å². The molecule has 0 aliphatic carbocycles. The number of nitrogens with one attached hydrogen (secondary N) is 1. The molecular formula is C25H25N5O2. The van der Waals surface area contributed by atoms with E-state index in [0.717, 1.165) is 28.1 Å². The van der Waals surface area contributed by atoms with Gasteiger partial charge in [-0.3, -0.25) is 9.78 Å². The number of benzene rings is 1. The second kappa shape index (κ2) is 8.70. The number of nitrogens with zero attached hydrogens (tertiary/aromatic N) is 4. The SMILES string of the molecule is Cc1ccc(C(=O)Nc2cc(C(C)(C)C)on2)cc1Cc1ncccc1-c1ccncn1. The maximum atomic E-state index is 12.9. The zero-order valence-corrected chi connectivity index (χ0v) is 18.6. The van der Waals surface area contributed by atoms with Crippen molar-refractivity contribution < 1.29 is 9.32 Å². The first-order valence-corrected chi connectivity index (χ1v) is 10.4. The summed E-state index contributed by atoms with van der Waals surface area (Å²) in [6.45, 7) is 8.10. The fourth-order valence-electron chi connectivity index (χ4n) is 3.32. The van der Waals surface area contributed by atoms with Crippen LogP contribution in [0.2, 0.25) is 0 Å². The fourth-order valence-corrected chi connectivity index (χ4v) is 3.32. The van der Waals surface area contributed by atoms with Gasteiger partial charge in [0, 0.05) is 41.4 Å². The van der Waals surface area contributed by atoms with Gasteiger partial charge in [-0.05, 0) is 48.4 Å². The molecule has 0 atom stereocenters. The first kappa shape index (κ1) is 21.4. The number of hydrogen-bond donors (Lipinski definition) is 1. The summed E-state index contributed by atoms with van der Waals surface area (Å²) in [4.78, 5) is 25.8. The maximum absolute atomic E-state index is 12.9. The minimum absolute atomic E-state index is 0.183. The van der Waals surface area contributed by atoms with Gasteiger partial charge in [0.05, 0.1) is 11.4 Å². The van der Waals surface area contributed by atoms with E-state index >= 15 is 0 Å². The van der Waals surface area contributed by atoms with Crippen LogP contribution >= 0.6 is 0 Å². The number of carbonyl (C=O) groups is 1. The standard InChI is InChI=1S/C25H25N5O2/c1-16-7-8-17(24(31)29-23-14-22(32-30-23)25(2,3)4)12-18(16)13-21-19(6-5-10-27-21)20-9-11-26-15-28-20/h5-12,14-15H,13H2,1-4H3,(H,29,30,31). The van der Waals surface area contributed by atoms with E-state index in [-0.39, 0.29) is 11.3 Å². The molecule has 0 saturated carbocycles. The van der Waals surface area contributed by atoms with Crippen molar-refractivity contribution in [3.63, 3.8) is 0 Å². The molecule has 7 nitrogen and oxygen atoms in total. The predicted octanol–water partition coefficient (Wildman–Crippen LogP) is 4.98. The maximum Gasteiger partial charge on any atom is 0.256 e. The number of aromatic nitrogens is 4. The Kier molecular flexibility index (Phi) is 5.81. The van der Waals surface area contributed by atoms with Gasteiger partial charge in [-0.1, -0.05) is 32.0 Å². The lowest BCUT2D eigenvalue weighted by molar-refractivity contribution is 0.102. The highest BCUT2D eigenvalue weighted by Crippen LogP contribution is 2.26. The summed E-state index contributed by atoms with van der Waals surface area (Å²) >= 11 is 0. The molecule has 1 amide bonds. The molecule has 0 bridgehead atoms. The summed E-state index contributed by atoms with van der Waals surface area (Å²) in [7, 11) is 0. The van der Waals surface area contributed by atoms with E-state index in [1.165, 1.54) is 6.33 Å². The number of pyridine rings is 1. The van der Waals surface area contributed by atoms with Crippen LogP contribution in [0, 0.1) is 6.92 Å². The molecule has 0 spiro atoms. The average Bonchev–Trinajstić information content (AvgIpc) is 3.25. The Hall–Kier alpha value is -3.87. The van der Waals surface area contributed by atoms with Gasteiger partial charge >= 0.3 is 0 Å². The second-order valence-electron chi connectivity index (χ2n) is 8.69. The third-order valence-corrected chi connectivity index (χ3v) is 5.21. The lowest BCUT2D eigenvalue weighted by atomic mass is 9.93. The molecule has 162 valence electrons. The molecule has 1 N–H and O–H groups in total. The van der Waals surface area contributed by atoms with Crippen molar-refractivity contribution in [2.24, 2.45) is 0 Å². The predicted molar refractivity (Wildman–Crippen MR) is 122 cm³/mol. The third-order valence-electron chi connectivity index (χ3n) is 5.21. The van der Waals surface area contributed by atoms with Gasteiger partial charge in [0.2, 0.25) is 0 Å². The smallest absolute Gasteiger partial charge is 0.256 e. The molecular weight excluding hydrogens is 402 g/mol. The van der Waals surface area contributed by atoms with Crippen molar-refractivity contribution in [2.45, 2.75) is 39.5 Å². The van der Waals surface area contributed by atoms with Crippen molar-refractivity contribution in [1.29, 1.82) is 0 Å². The van der Waals surface area contributed by atoms with Gasteiger partial charge in [-0.15, -0.1) is 0 Å². The van der Waals surface area contributed by atoms with E-state index in [9.17, 15) is 4.79 Å². The molecule has 0 aliphatic heterocycles. The van der Waals surface area contributed by atoms with Gasteiger partial charge in [0.15, 0.2) is 5.82 Å². The molecule has 7 heteroatoms. The Morgan fingerprint density at radius 1 is 1.06 bits per heavy atom. The quantitative estimate of drug-likeness (QED) is 0.483. The highest BCUT2D eigenvalue weighted by atomic mass is 16.5. The van der Waals surface area contributed by atoms with E-state index in [1.54, 1.807) is 18.5 Å². The van der Waals surface area contributed by atoms with Crippen LogP contribution in [-0.2, 0) is 11.8 Å². The van der Waals surface area contributed by atoms with Crippen LogP contribution in [0.3, 0.4) is 0 Å². The highest BCUT2D eigenvalue weighted by Gasteiger charge is 2.21. The second-order valence-corrected chi connectivity index (χ2v) is 8.69. The Morgan fingerprint density at radius 3 is 2.62 bits per heavy atom. The molecule has 4 aromatic rings. The van der Waals surface area contributed by atoms with Crippen LogP contribution < -0.4 is 5.32 Å². The minimum atomic E-state index is -0.239. The normalized spacial score (nSPS) is 11.4. The molecule has 3 heterocycles. The Bertz CT molecular complexity index is 1240. The molecule has 0 saturated heterocycles. The number of hydrogen-bond acceptors (Lipinski definition) is 6. The number of rotatable bonds is 5. The van der Waals surface area contributed by atoms with E-state index in [2.05, 4.69) is 25.4 Å². The van der Waals surface area contributed by atoms with Gasteiger partial charge in [-0.2, -0.15) is 0 Å². The Balaban J connectivity index is 1.58. The largest absolute Gasteiger partial charge is 0.359 e. The minimum Gasteiger partial charge on any atom is -0.359 e. The van der Waals surface area contributed by atoms with Crippen LogP contribution in [0.15, 0.2) is 65.7 Å². The van der Waals surface area contributed by atoms with Crippen LogP contribution in [0.5, 0.6) is 0 Å². The van der Waals surface area contributed by atoms with Gasteiger partial charge in [-0.25, -0.2) is 9.97 Å². The lowest BCUT2D eigenvalue weighted by Gasteiger charge is -2.12.